The van der Waals surface area contributed by atoms with Gasteiger partial charge in [0.2, 0.25) is 0 Å². The third-order valence-electron chi connectivity index (χ3n) is 2.63. The minimum absolute atomic E-state index is 0.249. The highest BCUT2D eigenvalue weighted by Gasteiger charge is 2.18. The van der Waals surface area contributed by atoms with E-state index in [0.717, 1.165) is 24.2 Å². The molecule has 5 nitrogen and oxygen atoms in total. The molecule has 0 radical (unpaired) electrons. The highest BCUT2D eigenvalue weighted by Crippen LogP contribution is 2.24. The van der Waals surface area contributed by atoms with Gasteiger partial charge >= 0.3 is 0 Å². The number of nitriles is 1. The topological polar surface area (TPSA) is 80.5 Å². The Labute approximate surface area is 89.9 Å². The predicted octanol–water partition coefficient (Wildman–Crippen LogP) is 1.16. The normalized spacial score (nSPS) is 10.6. The first kappa shape index (κ1) is 11.7. The lowest BCUT2D eigenvalue weighted by atomic mass is 9.97. The van der Waals surface area contributed by atoms with Crippen molar-refractivity contribution < 1.29 is 0 Å². The molecule has 1 aromatic heterocycles. The third-order valence-corrected chi connectivity index (χ3v) is 2.63. The van der Waals surface area contributed by atoms with Gasteiger partial charge in [0.25, 0.3) is 0 Å². The molecule has 0 aliphatic carbocycles. The Balaban J connectivity index is 3.09. The lowest BCUT2D eigenvalue weighted by Crippen LogP contribution is -2.11. The fourth-order valence-corrected chi connectivity index (χ4v) is 1.81. The summed E-state index contributed by atoms with van der Waals surface area (Å²) in [5.74, 6) is 0.395. The molecule has 0 fully saturated rings. The maximum atomic E-state index is 8.68. The van der Waals surface area contributed by atoms with Crippen molar-refractivity contribution in [3.05, 3.63) is 11.4 Å². The predicted molar refractivity (Wildman–Crippen MR) is 56.8 cm³/mol. The van der Waals surface area contributed by atoms with Gasteiger partial charge in [0, 0.05) is 12.5 Å². The third kappa shape index (κ3) is 2.34. The van der Waals surface area contributed by atoms with Crippen LogP contribution < -0.4 is 5.73 Å². The van der Waals surface area contributed by atoms with Crippen LogP contribution in [0.5, 0.6) is 0 Å². The Morgan fingerprint density at radius 2 is 2.13 bits per heavy atom. The largest absolute Gasteiger partial charge is 0.325 e. The van der Waals surface area contributed by atoms with E-state index in [1.807, 2.05) is 0 Å². The van der Waals surface area contributed by atoms with E-state index < -0.39 is 0 Å². The first-order valence-electron chi connectivity index (χ1n) is 5.27. The number of rotatable bonds is 5. The fraction of sp³-hybridized carbons (Fsp3) is 0.700. The first-order valence-corrected chi connectivity index (χ1v) is 5.27. The molecule has 0 atom stereocenters. The van der Waals surface area contributed by atoms with Crippen molar-refractivity contribution in [2.75, 3.05) is 0 Å². The summed E-state index contributed by atoms with van der Waals surface area (Å²) >= 11 is 0. The molecule has 0 spiro atoms. The van der Waals surface area contributed by atoms with Crippen LogP contribution in [0.2, 0.25) is 0 Å². The summed E-state index contributed by atoms with van der Waals surface area (Å²) in [6.45, 7) is 4.88. The van der Waals surface area contributed by atoms with Gasteiger partial charge in [-0.3, -0.25) is 0 Å². The van der Waals surface area contributed by atoms with Crippen LogP contribution in [-0.2, 0) is 13.1 Å². The van der Waals surface area contributed by atoms with Gasteiger partial charge in [-0.15, -0.1) is 5.10 Å². The molecule has 1 rings (SSSR count). The summed E-state index contributed by atoms with van der Waals surface area (Å²) in [4.78, 5) is 0. The molecule has 5 heteroatoms. The van der Waals surface area contributed by atoms with Crippen LogP contribution in [0.3, 0.4) is 0 Å². The molecule has 0 saturated carbocycles. The van der Waals surface area contributed by atoms with E-state index in [9.17, 15) is 0 Å². The maximum absolute atomic E-state index is 8.68. The van der Waals surface area contributed by atoms with Crippen molar-refractivity contribution in [3.8, 4) is 6.07 Å². The molecule has 0 bridgehead atoms. The fourth-order valence-electron chi connectivity index (χ4n) is 1.81. The molecule has 0 amide bonds. The molecule has 0 saturated heterocycles. The Morgan fingerprint density at radius 3 is 2.60 bits per heavy atom. The van der Waals surface area contributed by atoms with Crippen LogP contribution in [0, 0.1) is 11.3 Å². The van der Waals surface area contributed by atoms with E-state index in [1.54, 1.807) is 4.68 Å². The highest BCUT2D eigenvalue weighted by molar-refractivity contribution is 5.16. The first-order chi connectivity index (χ1) is 7.28. The lowest BCUT2D eigenvalue weighted by molar-refractivity contribution is 0.548. The standard InChI is InChI=1S/C10H17N5/c1-3-8(4-2)10-9(7-12)13-14-15(10)6-5-11/h8H,3-4,6-7,12H2,1-2H3. The maximum Gasteiger partial charge on any atom is 0.130 e. The van der Waals surface area contributed by atoms with Crippen molar-refractivity contribution in [2.45, 2.75) is 45.7 Å². The summed E-state index contributed by atoms with van der Waals surface area (Å²) in [5, 5.41) is 16.6. The minimum Gasteiger partial charge on any atom is -0.325 e. The van der Waals surface area contributed by atoms with Crippen LogP contribution in [0.15, 0.2) is 0 Å². The molecule has 2 N–H and O–H groups in total. The van der Waals surface area contributed by atoms with Gasteiger partial charge in [-0.25, -0.2) is 4.68 Å². The number of nitrogens with zero attached hydrogens (tertiary/aromatic N) is 4. The van der Waals surface area contributed by atoms with Crippen molar-refractivity contribution in [3.63, 3.8) is 0 Å². The second kappa shape index (κ2) is 5.47. The number of aromatic nitrogens is 3. The number of hydrogen-bond donors (Lipinski definition) is 1. The summed E-state index contributed by atoms with van der Waals surface area (Å²) in [5.41, 5.74) is 7.46. The molecular formula is C10H17N5. The average Bonchev–Trinajstić information content (AvgIpc) is 2.64. The van der Waals surface area contributed by atoms with E-state index >= 15 is 0 Å². The van der Waals surface area contributed by atoms with E-state index in [0.29, 0.717) is 12.5 Å². The van der Waals surface area contributed by atoms with Crippen LogP contribution in [0.1, 0.15) is 44.0 Å². The van der Waals surface area contributed by atoms with Gasteiger partial charge in [-0.1, -0.05) is 19.1 Å². The lowest BCUT2D eigenvalue weighted by Gasteiger charge is -2.14. The van der Waals surface area contributed by atoms with Crippen molar-refractivity contribution >= 4 is 0 Å². The van der Waals surface area contributed by atoms with Crippen molar-refractivity contribution in [2.24, 2.45) is 5.73 Å². The Hall–Kier alpha value is -1.41. The van der Waals surface area contributed by atoms with Crippen LogP contribution in [0.25, 0.3) is 0 Å². The Kier molecular flexibility index (Phi) is 4.25. The molecule has 0 unspecified atom stereocenters. The molecule has 0 aromatic carbocycles. The minimum atomic E-state index is 0.249. The van der Waals surface area contributed by atoms with Gasteiger partial charge in [-0.2, -0.15) is 5.26 Å². The zero-order chi connectivity index (χ0) is 11.3. The Morgan fingerprint density at radius 1 is 1.47 bits per heavy atom. The van der Waals surface area contributed by atoms with Crippen LogP contribution in [-0.4, -0.2) is 15.0 Å². The number of hydrogen-bond acceptors (Lipinski definition) is 4. The smallest absolute Gasteiger partial charge is 0.130 e. The van der Waals surface area contributed by atoms with Gasteiger partial charge in [0.1, 0.15) is 6.54 Å². The molecule has 1 aromatic rings. The van der Waals surface area contributed by atoms with Crippen molar-refractivity contribution in [1.82, 2.24) is 15.0 Å². The van der Waals surface area contributed by atoms with Crippen molar-refractivity contribution in [1.29, 1.82) is 5.26 Å². The van der Waals surface area contributed by atoms with Gasteiger partial charge in [0.05, 0.1) is 17.5 Å². The summed E-state index contributed by atoms with van der Waals surface area (Å²) in [7, 11) is 0. The molecule has 0 aliphatic rings. The number of nitrogens with two attached hydrogens (primary N) is 1. The summed E-state index contributed by atoms with van der Waals surface area (Å²) in [6.07, 6.45) is 2.03. The molecule has 1 heterocycles. The van der Waals surface area contributed by atoms with E-state index in [1.165, 1.54) is 0 Å². The molecule has 15 heavy (non-hydrogen) atoms. The molecule has 0 aliphatic heterocycles. The van der Waals surface area contributed by atoms with Gasteiger partial charge in [-0.05, 0) is 12.8 Å². The monoisotopic (exact) mass is 207 g/mol. The molecule has 82 valence electrons. The zero-order valence-electron chi connectivity index (χ0n) is 9.27. The highest BCUT2D eigenvalue weighted by atomic mass is 15.4. The molecular weight excluding hydrogens is 190 g/mol. The van der Waals surface area contributed by atoms with Crippen LogP contribution in [0.4, 0.5) is 0 Å². The quantitative estimate of drug-likeness (QED) is 0.785. The van der Waals surface area contributed by atoms with Crippen LogP contribution >= 0.6 is 0 Å². The van der Waals surface area contributed by atoms with Gasteiger partial charge < -0.3 is 5.73 Å². The Bertz CT molecular complexity index is 345. The van der Waals surface area contributed by atoms with E-state index in [2.05, 4.69) is 30.2 Å². The SMILES string of the molecule is CCC(CC)c1c(CN)nnn1CC#N. The summed E-state index contributed by atoms with van der Waals surface area (Å²) in [6, 6.07) is 2.08. The second-order valence-electron chi connectivity index (χ2n) is 3.45. The summed E-state index contributed by atoms with van der Waals surface area (Å²) < 4.78 is 1.67. The zero-order valence-corrected chi connectivity index (χ0v) is 9.27. The van der Waals surface area contributed by atoms with Gasteiger partial charge in [0.15, 0.2) is 0 Å². The van der Waals surface area contributed by atoms with E-state index in [-0.39, 0.29) is 6.54 Å². The second-order valence-corrected chi connectivity index (χ2v) is 3.45. The van der Waals surface area contributed by atoms with E-state index in [4.69, 9.17) is 11.0 Å². The average molecular weight is 207 g/mol.